The fraction of sp³-hybridized carbons (Fsp3) is 0.286. The summed E-state index contributed by atoms with van der Waals surface area (Å²) in [5.74, 6) is 0. The first-order valence-electron chi connectivity index (χ1n) is 5.89. The van der Waals surface area contributed by atoms with Crippen LogP contribution in [-0.2, 0) is 17.8 Å². The van der Waals surface area contributed by atoms with Gasteiger partial charge in [0.15, 0.2) is 0 Å². The third-order valence-electron chi connectivity index (χ3n) is 2.54. The van der Waals surface area contributed by atoms with Gasteiger partial charge in [-0.05, 0) is 24.3 Å². The second-order valence-electron chi connectivity index (χ2n) is 4.05. The van der Waals surface area contributed by atoms with Gasteiger partial charge in [-0.3, -0.25) is 14.9 Å². The molecule has 0 aliphatic rings. The van der Waals surface area contributed by atoms with Gasteiger partial charge < -0.3 is 4.74 Å². The maximum absolute atomic E-state index is 5.22. The van der Waals surface area contributed by atoms with Crippen molar-refractivity contribution in [2.75, 3.05) is 13.8 Å². The van der Waals surface area contributed by atoms with Crippen LogP contribution >= 0.6 is 0 Å². The minimum atomic E-state index is 0.563. The Balaban J connectivity index is 2.00. The molecule has 2 heterocycles. The van der Waals surface area contributed by atoms with E-state index in [1.807, 2.05) is 36.4 Å². The molecule has 0 saturated heterocycles. The van der Waals surface area contributed by atoms with Gasteiger partial charge in [0.1, 0.15) is 0 Å². The molecule has 0 spiro atoms. The molecule has 0 aromatic carbocycles. The first-order valence-corrected chi connectivity index (χ1v) is 5.89. The summed E-state index contributed by atoms with van der Waals surface area (Å²) in [6.45, 7) is 2.07. The molecule has 4 nitrogen and oxygen atoms in total. The predicted molar refractivity (Wildman–Crippen MR) is 69.6 cm³/mol. The smallest absolute Gasteiger partial charge is 0.0993 e. The Morgan fingerprint density at radius 1 is 0.944 bits per heavy atom. The van der Waals surface area contributed by atoms with Crippen molar-refractivity contribution in [1.29, 1.82) is 0 Å². The average molecular weight is 243 g/mol. The molecule has 0 aliphatic heterocycles. The second kappa shape index (κ2) is 6.83. The molecule has 0 N–H and O–H groups in total. The van der Waals surface area contributed by atoms with E-state index in [1.54, 1.807) is 19.5 Å². The summed E-state index contributed by atoms with van der Waals surface area (Å²) in [5.41, 5.74) is 2.07. The molecule has 2 rings (SSSR count). The van der Waals surface area contributed by atoms with E-state index in [0.29, 0.717) is 6.73 Å². The lowest BCUT2D eigenvalue weighted by Crippen LogP contribution is -2.25. The standard InChI is InChI=1S/C14H17N3O/c1-18-12-17(10-13-6-2-4-8-15-13)11-14-7-3-5-9-16-14/h2-9H,10-12H2,1H3. The summed E-state index contributed by atoms with van der Waals surface area (Å²) in [6, 6.07) is 11.9. The van der Waals surface area contributed by atoms with Gasteiger partial charge in [-0.15, -0.1) is 0 Å². The van der Waals surface area contributed by atoms with Crippen LogP contribution in [0, 0.1) is 0 Å². The summed E-state index contributed by atoms with van der Waals surface area (Å²) in [4.78, 5) is 10.8. The monoisotopic (exact) mass is 243 g/mol. The number of methoxy groups -OCH3 is 1. The van der Waals surface area contributed by atoms with Crippen LogP contribution < -0.4 is 0 Å². The van der Waals surface area contributed by atoms with Crippen LogP contribution in [0.5, 0.6) is 0 Å². The minimum absolute atomic E-state index is 0.563. The summed E-state index contributed by atoms with van der Waals surface area (Å²) in [7, 11) is 1.70. The molecule has 0 radical (unpaired) electrons. The lowest BCUT2D eigenvalue weighted by Gasteiger charge is -2.20. The van der Waals surface area contributed by atoms with E-state index in [2.05, 4.69) is 14.9 Å². The molecule has 0 unspecified atom stereocenters. The molecular formula is C14H17N3O. The maximum Gasteiger partial charge on any atom is 0.0993 e. The second-order valence-corrected chi connectivity index (χ2v) is 4.05. The van der Waals surface area contributed by atoms with Gasteiger partial charge in [0, 0.05) is 32.6 Å². The van der Waals surface area contributed by atoms with Gasteiger partial charge in [0.25, 0.3) is 0 Å². The highest BCUT2D eigenvalue weighted by molar-refractivity contribution is 5.05. The molecule has 0 amide bonds. The van der Waals surface area contributed by atoms with Gasteiger partial charge >= 0.3 is 0 Å². The normalized spacial score (nSPS) is 10.8. The van der Waals surface area contributed by atoms with Crippen LogP contribution in [0.1, 0.15) is 11.4 Å². The summed E-state index contributed by atoms with van der Waals surface area (Å²) in [6.07, 6.45) is 3.61. The van der Waals surface area contributed by atoms with Crippen molar-refractivity contribution in [3.8, 4) is 0 Å². The number of hydrogen-bond acceptors (Lipinski definition) is 4. The van der Waals surface area contributed by atoms with Crippen LogP contribution in [0.2, 0.25) is 0 Å². The van der Waals surface area contributed by atoms with E-state index >= 15 is 0 Å². The third kappa shape index (κ3) is 3.91. The quantitative estimate of drug-likeness (QED) is 0.728. The molecule has 2 aromatic rings. The number of nitrogens with zero attached hydrogens (tertiary/aromatic N) is 3. The van der Waals surface area contributed by atoms with E-state index < -0.39 is 0 Å². The van der Waals surface area contributed by atoms with Crippen LogP contribution in [-0.4, -0.2) is 28.7 Å². The Bertz CT molecular complexity index is 406. The number of aromatic nitrogens is 2. The molecule has 0 aliphatic carbocycles. The Morgan fingerprint density at radius 2 is 1.50 bits per heavy atom. The van der Waals surface area contributed by atoms with Crippen molar-refractivity contribution in [3.05, 3.63) is 60.2 Å². The Morgan fingerprint density at radius 3 is 1.89 bits per heavy atom. The zero-order chi connectivity index (χ0) is 12.6. The first-order chi connectivity index (χ1) is 8.88. The number of ether oxygens (including phenoxy) is 1. The number of hydrogen-bond donors (Lipinski definition) is 0. The van der Waals surface area contributed by atoms with Crippen LogP contribution in [0.4, 0.5) is 0 Å². The largest absolute Gasteiger partial charge is 0.369 e. The molecule has 0 fully saturated rings. The molecule has 94 valence electrons. The molecule has 18 heavy (non-hydrogen) atoms. The average Bonchev–Trinajstić information content (AvgIpc) is 2.41. The number of pyridine rings is 2. The van der Waals surface area contributed by atoms with E-state index in [-0.39, 0.29) is 0 Å². The van der Waals surface area contributed by atoms with Gasteiger partial charge in [0.2, 0.25) is 0 Å². The van der Waals surface area contributed by atoms with E-state index in [1.165, 1.54) is 0 Å². The van der Waals surface area contributed by atoms with Crippen molar-refractivity contribution in [1.82, 2.24) is 14.9 Å². The van der Waals surface area contributed by atoms with Crippen LogP contribution in [0.25, 0.3) is 0 Å². The van der Waals surface area contributed by atoms with Crippen LogP contribution in [0.15, 0.2) is 48.8 Å². The Kier molecular flexibility index (Phi) is 4.81. The molecule has 2 aromatic heterocycles. The summed E-state index contributed by atoms with van der Waals surface area (Å²) in [5, 5.41) is 0. The van der Waals surface area contributed by atoms with Crippen LogP contribution in [0.3, 0.4) is 0 Å². The van der Waals surface area contributed by atoms with E-state index in [4.69, 9.17) is 4.74 Å². The zero-order valence-electron chi connectivity index (χ0n) is 10.5. The fourth-order valence-corrected chi connectivity index (χ4v) is 1.77. The lowest BCUT2D eigenvalue weighted by atomic mass is 10.3. The highest BCUT2D eigenvalue weighted by Gasteiger charge is 2.07. The van der Waals surface area contributed by atoms with Crippen molar-refractivity contribution in [2.45, 2.75) is 13.1 Å². The fourth-order valence-electron chi connectivity index (χ4n) is 1.77. The highest BCUT2D eigenvalue weighted by Crippen LogP contribution is 2.06. The Labute approximate surface area is 107 Å². The molecule has 0 atom stereocenters. The molecule has 0 saturated carbocycles. The minimum Gasteiger partial charge on any atom is -0.369 e. The maximum atomic E-state index is 5.22. The van der Waals surface area contributed by atoms with Crippen molar-refractivity contribution >= 4 is 0 Å². The summed E-state index contributed by atoms with van der Waals surface area (Å²) >= 11 is 0. The molecule has 4 heteroatoms. The van der Waals surface area contributed by atoms with Gasteiger partial charge in [0.05, 0.1) is 18.1 Å². The van der Waals surface area contributed by atoms with Crippen molar-refractivity contribution in [2.24, 2.45) is 0 Å². The third-order valence-corrected chi connectivity index (χ3v) is 2.54. The topological polar surface area (TPSA) is 38.2 Å². The van der Waals surface area contributed by atoms with Crippen molar-refractivity contribution in [3.63, 3.8) is 0 Å². The zero-order valence-corrected chi connectivity index (χ0v) is 10.5. The predicted octanol–water partition coefficient (Wildman–Crippen LogP) is 2.08. The Hall–Kier alpha value is -1.78. The molecular weight excluding hydrogens is 226 g/mol. The lowest BCUT2D eigenvalue weighted by molar-refractivity contribution is 0.0507. The van der Waals surface area contributed by atoms with Crippen molar-refractivity contribution < 1.29 is 4.74 Å². The summed E-state index contributed by atoms with van der Waals surface area (Å²) < 4.78 is 5.22. The van der Waals surface area contributed by atoms with E-state index in [0.717, 1.165) is 24.5 Å². The first kappa shape index (κ1) is 12.7. The molecule has 0 bridgehead atoms. The number of rotatable bonds is 6. The van der Waals surface area contributed by atoms with E-state index in [9.17, 15) is 0 Å². The van der Waals surface area contributed by atoms with Gasteiger partial charge in [-0.25, -0.2) is 0 Å². The van der Waals surface area contributed by atoms with Gasteiger partial charge in [-0.2, -0.15) is 0 Å². The highest BCUT2D eigenvalue weighted by atomic mass is 16.5. The van der Waals surface area contributed by atoms with Gasteiger partial charge in [-0.1, -0.05) is 12.1 Å². The SMILES string of the molecule is COCN(Cc1ccccn1)Cc1ccccn1.